The quantitative estimate of drug-likeness (QED) is 0.274. The number of ether oxygens (including phenoxy) is 1. The van der Waals surface area contributed by atoms with E-state index in [1.807, 2.05) is 36.4 Å². The normalized spacial score (nSPS) is 14.8. The zero-order valence-corrected chi connectivity index (χ0v) is 23.4. The van der Waals surface area contributed by atoms with Gasteiger partial charge in [0.05, 0.1) is 51.2 Å². The number of carbonyl (C=O) groups is 2. The zero-order valence-electron chi connectivity index (χ0n) is 21.0. The molecule has 1 aliphatic heterocycles. The SMILES string of the molecule is COc1ccccc1NC(=O)C1=C(C)NC(SCC(=O)Nc2ccc(Cl)c(Cl)c2)=C(C#N)[C@H]1c1ccccc1. The largest absolute Gasteiger partial charge is 0.495 e. The molecule has 4 rings (SSSR count). The zero-order chi connectivity index (χ0) is 27.9. The molecule has 0 saturated carbocycles. The maximum Gasteiger partial charge on any atom is 0.254 e. The van der Waals surface area contributed by atoms with Crippen LogP contribution in [0.1, 0.15) is 18.4 Å². The van der Waals surface area contributed by atoms with Crippen LogP contribution in [0, 0.1) is 11.3 Å². The van der Waals surface area contributed by atoms with Crippen molar-refractivity contribution in [1.29, 1.82) is 5.26 Å². The summed E-state index contributed by atoms with van der Waals surface area (Å²) in [5, 5.41) is 20.4. The molecule has 3 N–H and O–H groups in total. The summed E-state index contributed by atoms with van der Waals surface area (Å²) in [7, 11) is 1.53. The van der Waals surface area contributed by atoms with Crippen molar-refractivity contribution in [1.82, 2.24) is 5.32 Å². The van der Waals surface area contributed by atoms with Gasteiger partial charge in [-0.25, -0.2) is 0 Å². The highest BCUT2D eigenvalue weighted by Crippen LogP contribution is 2.41. The molecule has 1 atom stereocenters. The van der Waals surface area contributed by atoms with Crippen molar-refractivity contribution in [3.63, 3.8) is 0 Å². The maximum absolute atomic E-state index is 13.6. The van der Waals surface area contributed by atoms with Crippen molar-refractivity contribution in [2.75, 3.05) is 23.5 Å². The Kier molecular flexibility index (Phi) is 9.20. The second kappa shape index (κ2) is 12.8. The van der Waals surface area contributed by atoms with Gasteiger partial charge in [-0.05, 0) is 42.8 Å². The molecule has 0 fully saturated rings. The Morgan fingerprint density at radius 1 is 1.03 bits per heavy atom. The minimum atomic E-state index is -0.646. The molecule has 0 spiro atoms. The predicted molar refractivity (Wildman–Crippen MR) is 157 cm³/mol. The fourth-order valence-electron chi connectivity index (χ4n) is 4.15. The smallest absolute Gasteiger partial charge is 0.254 e. The van der Waals surface area contributed by atoms with Crippen LogP contribution in [-0.2, 0) is 9.59 Å². The molecule has 0 aliphatic carbocycles. The van der Waals surface area contributed by atoms with E-state index >= 15 is 0 Å². The number of nitrogens with zero attached hydrogens (tertiary/aromatic N) is 1. The highest BCUT2D eigenvalue weighted by molar-refractivity contribution is 8.03. The highest BCUT2D eigenvalue weighted by atomic mass is 35.5. The van der Waals surface area contributed by atoms with Gasteiger partial charge in [0.15, 0.2) is 0 Å². The van der Waals surface area contributed by atoms with Crippen molar-refractivity contribution in [2.45, 2.75) is 12.8 Å². The van der Waals surface area contributed by atoms with E-state index in [4.69, 9.17) is 27.9 Å². The van der Waals surface area contributed by atoms with E-state index in [2.05, 4.69) is 22.0 Å². The van der Waals surface area contributed by atoms with Gasteiger partial charge in [0.1, 0.15) is 5.75 Å². The second-order valence-corrected chi connectivity index (χ2v) is 10.3. The van der Waals surface area contributed by atoms with E-state index < -0.39 is 5.92 Å². The summed E-state index contributed by atoms with van der Waals surface area (Å²) in [4.78, 5) is 26.3. The minimum absolute atomic E-state index is 0.0191. The number of allylic oxidation sites excluding steroid dienone is 2. The molecule has 3 aromatic rings. The number of para-hydroxylation sites is 2. The number of anilines is 2. The van der Waals surface area contributed by atoms with Crippen LogP contribution in [0.3, 0.4) is 0 Å². The second-order valence-electron chi connectivity index (χ2n) is 8.48. The van der Waals surface area contributed by atoms with E-state index in [0.717, 1.165) is 5.56 Å². The molecule has 3 aromatic carbocycles. The molecule has 0 unspecified atom stereocenters. The number of halogens is 2. The Morgan fingerprint density at radius 2 is 1.74 bits per heavy atom. The fourth-order valence-corrected chi connectivity index (χ4v) is 5.34. The predicted octanol–water partition coefficient (Wildman–Crippen LogP) is 6.71. The number of dihydropyridines is 1. The lowest BCUT2D eigenvalue weighted by Crippen LogP contribution is -2.31. The Hall–Kier alpha value is -3.90. The number of amides is 2. The number of benzene rings is 3. The lowest BCUT2D eigenvalue weighted by atomic mass is 9.82. The average Bonchev–Trinajstić information content (AvgIpc) is 2.94. The Morgan fingerprint density at radius 3 is 2.44 bits per heavy atom. The Labute approximate surface area is 240 Å². The summed E-state index contributed by atoms with van der Waals surface area (Å²) in [6.45, 7) is 1.78. The minimum Gasteiger partial charge on any atom is -0.495 e. The number of nitriles is 1. The van der Waals surface area contributed by atoms with Gasteiger partial charge in [-0.3, -0.25) is 9.59 Å². The number of hydrogen-bond donors (Lipinski definition) is 3. The van der Waals surface area contributed by atoms with Gasteiger partial charge < -0.3 is 20.7 Å². The van der Waals surface area contributed by atoms with Crippen molar-refractivity contribution in [3.8, 4) is 11.8 Å². The van der Waals surface area contributed by atoms with E-state index in [9.17, 15) is 14.9 Å². The topological polar surface area (TPSA) is 103 Å². The van der Waals surface area contributed by atoms with E-state index in [-0.39, 0.29) is 17.6 Å². The maximum atomic E-state index is 13.6. The third kappa shape index (κ3) is 6.58. The average molecular weight is 580 g/mol. The van der Waals surface area contributed by atoms with Crippen molar-refractivity contribution >= 4 is 58.2 Å². The van der Waals surface area contributed by atoms with Gasteiger partial charge in [-0.15, -0.1) is 0 Å². The molecule has 0 aromatic heterocycles. The third-order valence-corrected chi connectivity index (χ3v) is 7.69. The highest BCUT2D eigenvalue weighted by Gasteiger charge is 2.35. The number of hydrogen-bond acceptors (Lipinski definition) is 6. The number of nitrogens with one attached hydrogen (secondary N) is 3. The van der Waals surface area contributed by atoms with Crippen LogP contribution in [0.2, 0.25) is 10.0 Å². The number of carbonyl (C=O) groups excluding carboxylic acids is 2. The summed E-state index contributed by atoms with van der Waals surface area (Å²) in [5.41, 5.74) is 3.10. The van der Waals surface area contributed by atoms with Crippen LogP contribution in [0.5, 0.6) is 5.75 Å². The molecule has 0 bridgehead atoms. The van der Waals surface area contributed by atoms with E-state index in [1.165, 1.54) is 18.9 Å². The first-order chi connectivity index (χ1) is 18.8. The molecule has 1 aliphatic rings. The summed E-state index contributed by atoms with van der Waals surface area (Å²) in [6.07, 6.45) is 0. The Bertz CT molecular complexity index is 1520. The molecular weight excluding hydrogens is 555 g/mol. The molecular formula is C29H24Cl2N4O3S. The van der Waals surface area contributed by atoms with E-state index in [0.29, 0.717) is 49.0 Å². The van der Waals surface area contributed by atoms with Crippen molar-refractivity contribution in [2.24, 2.45) is 0 Å². The summed E-state index contributed by atoms with van der Waals surface area (Å²) in [5.74, 6) is -0.766. The molecule has 0 radical (unpaired) electrons. The van der Waals surface area contributed by atoms with Gasteiger partial charge >= 0.3 is 0 Å². The number of thioether (sulfide) groups is 1. The van der Waals surface area contributed by atoms with Crippen LogP contribution < -0.4 is 20.7 Å². The third-order valence-electron chi connectivity index (χ3n) is 5.93. The monoisotopic (exact) mass is 578 g/mol. The van der Waals surface area contributed by atoms with Gasteiger partial charge in [0.2, 0.25) is 5.91 Å². The standard InChI is InChI=1S/C29H24Cl2N4O3S/c1-17-26(28(37)35-23-10-6-7-11-24(23)38-2)27(18-8-4-3-5-9-18)20(15-32)29(33-17)39-16-25(36)34-19-12-13-21(30)22(31)14-19/h3-14,27,33H,16H2,1-2H3,(H,34,36)(H,35,37)/t27-/m1/s1. The van der Waals surface area contributed by atoms with Crippen molar-refractivity contribution in [3.05, 3.63) is 110 Å². The van der Waals surface area contributed by atoms with Gasteiger partial charge in [-0.2, -0.15) is 5.26 Å². The first-order valence-electron chi connectivity index (χ1n) is 11.8. The Balaban J connectivity index is 1.61. The molecule has 2 amide bonds. The van der Waals surface area contributed by atoms with Crippen LogP contribution in [-0.4, -0.2) is 24.7 Å². The lowest BCUT2D eigenvalue weighted by Gasteiger charge is -2.30. The first-order valence-corrected chi connectivity index (χ1v) is 13.6. The summed E-state index contributed by atoms with van der Waals surface area (Å²) in [6, 6.07) is 23.5. The van der Waals surface area contributed by atoms with Crippen LogP contribution >= 0.6 is 35.0 Å². The first kappa shape index (κ1) is 28.1. The molecule has 7 nitrogen and oxygen atoms in total. The van der Waals surface area contributed by atoms with Crippen LogP contribution in [0.25, 0.3) is 0 Å². The van der Waals surface area contributed by atoms with Gasteiger partial charge in [0, 0.05) is 17.0 Å². The molecule has 39 heavy (non-hydrogen) atoms. The molecule has 0 saturated heterocycles. The molecule has 198 valence electrons. The summed E-state index contributed by atoms with van der Waals surface area (Å²) < 4.78 is 5.38. The number of rotatable bonds is 8. The summed E-state index contributed by atoms with van der Waals surface area (Å²) >= 11 is 13.2. The van der Waals surface area contributed by atoms with E-state index in [1.54, 1.807) is 43.3 Å². The van der Waals surface area contributed by atoms with Gasteiger partial charge in [-0.1, -0.05) is 77.4 Å². The number of methoxy groups -OCH3 is 1. The van der Waals surface area contributed by atoms with Crippen molar-refractivity contribution < 1.29 is 14.3 Å². The molecule has 1 heterocycles. The molecule has 10 heteroatoms. The van der Waals surface area contributed by atoms with Crippen LogP contribution in [0.15, 0.2) is 94.7 Å². The fraction of sp³-hybridized carbons (Fsp3) is 0.138. The lowest BCUT2D eigenvalue weighted by molar-refractivity contribution is -0.114. The van der Waals surface area contributed by atoms with Crippen LogP contribution in [0.4, 0.5) is 11.4 Å². The van der Waals surface area contributed by atoms with Gasteiger partial charge in [0.25, 0.3) is 5.91 Å².